The first kappa shape index (κ1) is 16.8. The van der Waals surface area contributed by atoms with Crippen molar-refractivity contribution >= 4 is 34.4 Å². The molecule has 6 nitrogen and oxygen atoms in total. The minimum atomic E-state index is 0.127. The van der Waals surface area contributed by atoms with Gasteiger partial charge in [-0.3, -0.25) is 10.4 Å². The van der Waals surface area contributed by atoms with Crippen LogP contribution in [-0.4, -0.2) is 24.5 Å². The van der Waals surface area contributed by atoms with Gasteiger partial charge in [-0.05, 0) is 30.7 Å². The van der Waals surface area contributed by atoms with Gasteiger partial charge in [-0.15, -0.1) is 0 Å². The molecular formula is C18H14Cl2N6. The van der Waals surface area contributed by atoms with Crippen LogP contribution in [0.4, 0.5) is 0 Å². The van der Waals surface area contributed by atoms with Crippen molar-refractivity contribution in [3.8, 4) is 11.4 Å². The van der Waals surface area contributed by atoms with Gasteiger partial charge in [0.05, 0.1) is 12.9 Å². The first-order valence-corrected chi connectivity index (χ1v) is 8.64. The molecule has 0 bridgehead atoms. The largest absolute Gasteiger partial charge is 0.333 e. The normalized spacial score (nSPS) is 11.2. The highest BCUT2D eigenvalue weighted by molar-refractivity contribution is 6.36. The Morgan fingerprint density at radius 2 is 1.96 bits per heavy atom. The summed E-state index contributed by atoms with van der Waals surface area (Å²) in [5.74, 6) is 0.645. The molecule has 130 valence electrons. The standard InChI is InChI=1S/C18H14Cl2N6/c1-10-5-6-22-7-11(10)17-24-15-16(21)23-9-26(18(15)25-17)8-12-13(19)3-2-4-14(12)20/h2-7,9,21H,8H2,1H3,(H,24,25). The lowest BCUT2D eigenvalue weighted by atomic mass is 10.1. The summed E-state index contributed by atoms with van der Waals surface area (Å²) in [7, 11) is 0. The first-order valence-electron chi connectivity index (χ1n) is 7.88. The molecule has 3 heterocycles. The zero-order chi connectivity index (χ0) is 18.3. The van der Waals surface area contributed by atoms with Crippen LogP contribution in [0.2, 0.25) is 10.0 Å². The summed E-state index contributed by atoms with van der Waals surface area (Å²) in [5.41, 5.74) is 3.99. The third kappa shape index (κ3) is 2.87. The fourth-order valence-electron chi connectivity index (χ4n) is 2.79. The van der Waals surface area contributed by atoms with Crippen LogP contribution in [0, 0.1) is 12.3 Å². The molecule has 4 rings (SSSR count). The Balaban J connectivity index is 1.88. The summed E-state index contributed by atoms with van der Waals surface area (Å²) >= 11 is 12.6. The van der Waals surface area contributed by atoms with E-state index in [1.54, 1.807) is 36.9 Å². The number of aromatic amines is 1. The predicted octanol–water partition coefficient (Wildman–Crippen LogP) is 3.96. The minimum absolute atomic E-state index is 0.127. The monoisotopic (exact) mass is 384 g/mol. The quantitative estimate of drug-likeness (QED) is 0.560. The Bertz CT molecular complexity index is 1160. The molecule has 0 saturated heterocycles. The first-order chi connectivity index (χ1) is 12.5. The summed E-state index contributed by atoms with van der Waals surface area (Å²) < 4.78 is 1.83. The van der Waals surface area contributed by atoms with E-state index in [1.165, 1.54) is 0 Å². The Hall–Kier alpha value is -2.70. The van der Waals surface area contributed by atoms with Crippen molar-refractivity contribution in [2.24, 2.45) is 0 Å². The molecule has 8 heteroatoms. The van der Waals surface area contributed by atoms with Gasteiger partial charge < -0.3 is 9.55 Å². The van der Waals surface area contributed by atoms with E-state index >= 15 is 0 Å². The molecule has 1 aromatic carbocycles. The predicted molar refractivity (Wildman–Crippen MR) is 101 cm³/mol. The molecule has 0 spiro atoms. The molecule has 0 aliphatic carbocycles. The Morgan fingerprint density at radius 1 is 1.19 bits per heavy atom. The lowest BCUT2D eigenvalue weighted by molar-refractivity contribution is 0.784. The van der Waals surface area contributed by atoms with Gasteiger partial charge in [0.1, 0.15) is 11.3 Å². The molecule has 3 aromatic heterocycles. The second-order valence-corrected chi connectivity index (χ2v) is 6.71. The second kappa shape index (κ2) is 6.55. The van der Waals surface area contributed by atoms with Gasteiger partial charge in [0.25, 0.3) is 0 Å². The molecule has 0 saturated carbocycles. The van der Waals surface area contributed by atoms with Gasteiger partial charge in [-0.25, -0.2) is 9.97 Å². The zero-order valence-corrected chi connectivity index (χ0v) is 15.3. The third-order valence-electron chi connectivity index (χ3n) is 4.20. The van der Waals surface area contributed by atoms with Crippen LogP contribution in [0.15, 0.2) is 43.0 Å². The maximum atomic E-state index is 8.09. The number of imidazole rings is 1. The van der Waals surface area contributed by atoms with Crippen LogP contribution >= 0.6 is 23.2 Å². The van der Waals surface area contributed by atoms with E-state index in [1.807, 2.05) is 17.6 Å². The number of fused-ring (bicyclic) bond motifs is 1. The minimum Gasteiger partial charge on any atom is -0.333 e. The molecule has 0 unspecified atom stereocenters. The summed E-state index contributed by atoms with van der Waals surface area (Å²) in [6.07, 6.45) is 5.06. The lowest BCUT2D eigenvalue weighted by Crippen LogP contribution is -2.13. The fraction of sp³-hybridized carbons (Fsp3) is 0.111. The van der Waals surface area contributed by atoms with Gasteiger partial charge in [-0.2, -0.15) is 0 Å². The highest BCUT2D eigenvalue weighted by Crippen LogP contribution is 2.26. The highest BCUT2D eigenvalue weighted by Gasteiger charge is 2.14. The van der Waals surface area contributed by atoms with Crippen molar-refractivity contribution in [2.45, 2.75) is 13.5 Å². The maximum Gasteiger partial charge on any atom is 0.173 e. The highest BCUT2D eigenvalue weighted by atomic mass is 35.5. The van der Waals surface area contributed by atoms with Crippen molar-refractivity contribution in [3.05, 3.63) is 69.6 Å². The van der Waals surface area contributed by atoms with Crippen LogP contribution in [0.25, 0.3) is 22.6 Å². The van der Waals surface area contributed by atoms with E-state index in [-0.39, 0.29) is 5.49 Å². The van der Waals surface area contributed by atoms with E-state index < -0.39 is 0 Å². The van der Waals surface area contributed by atoms with E-state index in [4.69, 9.17) is 28.6 Å². The van der Waals surface area contributed by atoms with Crippen molar-refractivity contribution in [1.82, 2.24) is 24.5 Å². The molecule has 0 fully saturated rings. The summed E-state index contributed by atoms with van der Waals surface area (Å²) in [4.78, 5) is 16.2. The molecule has 0 aliphatic heterocycles. The number of aromatic nitrogens is 5. The van der Waals surface area contributed by atoms with Crippen molar-refractivity contribution < 1.29 is 0 Å². The Morgan fingerprint density at radius 3 is 2.69 bits per heavy atom. The zero-order valence-electron chi connectivity index (χ0n) is 13.8. The molecule has 4 aromatic rings. The number of nitrogens with one attached hydrogen (secondary N) is 2. The number of benzene rings is 1. The van der Waals surface area contributed by atoms with Gasteiger partial charge in [0.15, 0.2) is 11.1 Å². The fourth-order valence-corrected chi connectivity index (χ4v) is 3.31. The number of halogens is 2. The van der Waals surface area contributed by atoms with Gasteiger partial charge in [0.2, 0.25) is 0 Å². The topological polar surface area (TPSA) is 83.2 Å². The van der Waals surface area contributed by atoms with Gasteiger partial charge in [-0.1, -0.05) is 29.3 Å². The van der Waals surface area contributed by atoms with Crippen LogP contribution in [0.3, 0.4) is 0 Å². The Kier molecular flexibility index (Phi) is 4.22. The molecular weight excluding hydrogens is 371 g/mol. The van der Waals surface area contributed by atoms with E-state index in [9.17, 15) is 0 Å². The third-order valence-corrected chi connectivity index (χ3v) is 4.91. The lowest BCUT2D eigenvalue weighted by Gasteiger charge is -2.10. The SMILES string of the molecule is Cc1ccncc1-c1nc2c([nH]1)c(=N)ncn2Cc1c(Cl)cccc1Cl. The van der Waals surface area contributed by atoms with Crippen LogP contribution in [0.5, 0.6) is 0 Å². The van der Waals surface area contributed by atoms with Gasteiger partial charge in [0, 0.05) is 33.6 Å². The number of rotatable bonds is 3. The van der Waals surface area contributed by atoms with E-state index in [2.05, 4.69) is 19.9 Å². The van der Waals surface area contributed by atoms with Crippen molar-refractivity contribution in [3.63, 3.8) is 0 Å². The number of aryl methyl sites for hydroxylation is 1. The molecule has 26 heavy (non-hydrogen) atoms. The van der Waals surface area contributed by atoms with E-state index in [0.717, 1.165) is 16.7 Å². The number of nitrogens with zero attached hydrogens (tertiary/aromatic N) is 4. The average molecular weight is 385 g/mol. The number of hydrogen-bond donors (Lipinski definition) is 2. The smallest absolute Gasteiger partial charge is 0.173 e. The van der Waals surface area contributed by atoms with Crippen molar-refractivity contribution in [2.75, 3.05) is 0 Å². The average Bonchev–Trinajstić information content (AvgIpc) is 3.07. The summed E-state index contributed by atoms with van der Waals surface area (Å²) in [6, 6.07) is 7.31. The molecule has 2 N–H and O–H groups in total. The van der Waals surface area contributed by atoms with Crippen LogP contribution < -0.4 is 5.49 Å². The second-order valence-electron chi connectivity index (χ2n) is 5.90. The van der Waals surface area contributed by atoms with Crippen LogP contribution in [0.1, 0.15) is 11.1 Å². The molecule has 0 radical (unpaired) electrons. The van der Waals surface area contributed by atoms with E-state index in [0.29, 0.717) is 33.6 Å². The maximum absolute atomic E-state index is 8.09. The number of hydrogen-bond acceptors (Lipinski definition) is 4. The molecule has 0 atom stereocenters. The van der Waals surface area contributed by atoms with Crippen molar-refractivity contribution in [1.29, 1.82) is 5.41 Å². The Labute approximate surface area is 159 Å². The van der Waals surface area contributed by atoms with Gasteiger partial charge >= 0.3 is 0 Å². The summed E-state index contributed by atoms with van der Waals surface area (Å²) in [6.45, 7) is 2.39. The molecule has 0 aliphatic rings. The number of pyridine rings is 1. The molecule has 0 amide bonds. The summed E-state index contributed by atoms with van der Waals surface area (Å²) in [5, 5.41) is 9.24. The number of H-pyrrole nitrogens is 1. The van der Waals surface area contributed by atoms with Crippen LogP contribution in [-0.2, 0) is 6.54 Å².